The summed E-state index contributed by atoms with van der Waals surface area (Å²) in [6.45, 7) is 5.97. The van der Waals surface area contributed by atoms with Gasteiger partial charge in [-0.1, -0.05) is 0 Å². The zero-order valence-electron chi connectivity index (χ0n) is 11.3. The highest BCUT2D eigenvalue weighted by atomic mass is 32.2. The fraction of sp³-hybridized carbons (Fsp3) is 0.462. The first kappa shape index (κ1) is 15.3. The molecule has 0 bridgehead atoms. The van der Waals surface area contributed by atoms with Crippen LogP contribution in [0, 0.1) is 11.3 Å². The minimum Gasteiger partial charge on any atom is -0.444 e. The maximum Gasteiger partial charge on any atom is 0.407 e. The minimum absolute atomic E-state index is 0.416. The van der Waals surface area contributed by atoms with Crippen LogP contribution in [0.15, 0.2) is 23.4 Å². The lowest BCUT2D eigenvalue weighted by molar-refractivity contribution is 0.0531. The van der Waals surface area contributed by atoms with E-state index >= 15 is 0 Å². The average Bonchev–Trinajstić information content (AvgIpc) is 2.33. The van der Waals surface area contributed by atoms with Crippen molar-refractivity contribution in [1.82, 2.24) is 10.3 Å². The smallest absolute Gasteiger partial charge is 0.407 e. The second-order valence-corrected chi connectivity index (χ2v) is 5.89. The van der Waals surface area contributed by atoms with Crippen molar-refractivity contribution >= 4 is 17.9 Å². The number of hydrogen-bond donors (Lipinski definition) is 1. The lowest BCUT2D eigenvalue weighted by Crippen LogP contribution is -2.33. The quantitative estimate of drug-likeness (QED) is 0.677. The van der Waals surface area contributed by atoms with Crippen molar-refractivity contribution in [3.8, 4) is 6.07 Å². The molecule has 1 aromatic heterocycles. The Kier molecular flexibility index (Phi) is 5.64. The van der Waals surface area contributed by atoms with Crippen molar-refractivity contribution in [3.63, 3.8) is 0 Å². The predicted octanol–water partition coefficient (Wildman–Crippen LogP) is 2.57. The van der Waals surface area contributed by atoms with E-state index in [-0.39, 0.29) is 0 Å². The van der Waals surface area contributed by atoms with E-state index in [9.17, 15) is 4.79 Å². The molecule has 19 heavy (non-hydrogen) atoms. The van der Waals surface area contributed by atoms with Gasteiger partial charge in [0.2, 0.25) is 0 Å². The van der Waals surface area contributed by atoms with Crippen molar-refractivity contribution in [2.75, 3.05) is 12.3 Å². The fourth-order valence-electron chi connectivity index (χ4n) is 1.15. The minimum atomic E-state index is -0.480. The Morgan fingerprint density at radius 2 is 2.26 bits per heavy atom. The Balaban J connectivity index is 2.24. The summed E-state index contributed by atoms with van der Waals surface area (Å²) in [6, 6.07) is 5.52. The molecule has 0 spiro atoms. The van der Waals surface area contributed by atoms with Gasteiger partial charge in [-0.3, -0.25) is 0 Å². The second kappa shape index (κ2) is 7.00. The zero-order valence-corrected chi connectivity index (χ0v) is 12.1. The lowest BCUT2D eigenvalue weighted by Gasteiger charge is -2.19. The molecular weight excluding hydrogens is 262 g/mol. The van der Waals surface area contributed by atoms with E-state index in [0.717, 1.165) is 5.03 Å². The Labute approximate surface area is 117 Å². The molecule has 6 heteroatoms. The fourth-order valence-corrected chi connectivity index (χ4v) is 1.86. The number of alkyl carbamates (subject to hydrolysis) is 1. The molecule has 0 aromatic carbocycles. The third-order valence-corrected chi connectivity index (χ3v) is 2.83. The van der Waals surface area contributed by atoms with Gasteiger partial charge in [-0.05, 0) is 32.9 Å². The summed E-state index contributed by atoms with van der Waals surface area (Å²) in [7, 11) is 0. The van der Waals surface area contributed by atoms with E-state index in [0.29, 0.717) is 17.9 Å². The maximum atomic E-state index is 11.4. The molecule has 0 aliphatic rings. The first-order valence-electron chi connectivity index (χ1n) is 5.86. The van der Waals surface area contributed by atoms with Crippen LogP contribution in [-0.2, 0) is 4.74 Å². The van der Waals surface area contributed by atoms with Crippen LogP contribution in [0.5, 0.6) is 0 Å². The molecule has 0 saturated heterocycles. The number of nitriles is 1. The molecule has 0 unspecified atom stereocenters. The van der Waals surface area contributed by atoms with Crippen molar-refractivity contribution in [1.29, 1.82) is 5.26 Å². The molecule has 0 radical (unpaired) electrons. The standard InChI is InChI=1S/C13H17N3O2S/c1-13(2,3)18-12(17)15-6-7-19-11-5-4-10(8-14)9-16-11/h4-5,9H,6-7H2,1-3H3,(H,15,17). The number of hydrogen-bond acceptors (Lipinski definition) is 5. The van der Waals surface area contributed by atoms with Gasteiger partial charge in [-0.2, -0.15) is 5.26 Å². The first-order chi connectivity index (χ1) is 8.90. The summed E-state index contributed by atoms with van der Waals surface area (Å²) in [5.41, 5.74) is 0.0579. The SMILES string of the molecule is CC(C)(C)OC(=O)NCCSc1ccc(C#N)cn1. The van der Waals surface area contributed by atoms with Crippen LogP contribution in [-0.4, -0.2) is 29.0 Å². The molecule has 1 heterocycles. The van der Waals surface area contributed by atoms with E-state index in [2.05, 4.69) is 10.3 Å². The zero-order chi connectivity index (χ0) is 14.3. The number of rotatable bonds is 4. The number of ether oxygens (including phenoxy) is 1. The van der Waals surface area contributed by atoms with Gasteiger partial charge in [-0.25, -0.2) is 9.78 Å². The number of aromatic nitrogens is 1. The van der Waals surface area contributed by atoms with E-state index in [1.807, 2.05) is 26.8 Å². The molecule has 102 valence electrons. The molecule has 5 nitrogen and oxygen atoms in total. The third kappa shape index (κ3) is 6.67. The van der Waals surface area contributed by atoms with Crippen LogP contribution in [0.25, 0.3) is 0 Å². The topological polar surface area (TPSA) is 75.0 Å². The first-order valence-corrected chi connectivity index (χ1v) is 6.85. The number of carbonyl (C=O) groups excluding carboxylic acids is 1. The summed E-state index contributed by atoms with van der Waals surface area (Å²) < 4.78 is 5.11. The molecule has 0 atom stereocenters. The number of thioether (sulfide) groups is 1. The number of carbonyl (C=O) groups is 1. The average molecular weight is 279 g/mol. The second-order valence-electron chi connectivity index (χ2n) is 4.77. The summed E-state index contributed by atoms with van der Waals surface area (Å²) >= 11 is 1.51. The van der Waals surface area contributed by atoms with Gasteiger partial charge in [0, 0.05) is 18.5 Å². The third-order valence-electron chi connectivity index (χ3n) is 1.89. The molecule has 0 fully saturated rings. The van der Waals surface area contributed by atoms with Gasteiger partial charge in [0.05, 0.1) is 10.6 Å². The van der Waals surface area contributed by atoms with E-state index in [1.165, 1.54) is 18.0 Å². The van der Waals surface area contributed by atoms with Gasteiger partial charge in [-0.15, -0.1) is 11.8 Å². The van der Waals surface area contributed by atoms with Crippen molar-refractivity contribution < 1.29 is 9.53 Å². The van der Waals surface area contributed by atoms with Crippen LogP contribution in [0.2, 0.25) is 0 Å². The molecule has 0 saturated carbocycles. The Morgan fingerprint density at radius 3 is 2.79 bits per heavy atom. The van der Waals surface area contributed by atoms with E-state index in [1.54, 1.807) is 12.1 Å². The number of nitrogens with one attached hydrogen (secondary N) is 1. The summed E-state index contributed by atoms with van der Waals surface area (Å²) in [5.74, 6) is 0.693. The number of amides is 1. The Bertz CT molecular complexity index is 460. The molecule has 0 aliphatic carbocycles. The van der Waals surface area contributed by atoms with Gasteiger partial charge in [0.15, 0.2) is 0 Å². The summed E-state index contributed by atoms with van der Waals surface area (Å²) in [6.07, 6.45) is 1.12. The van der Waals surface area contributed by atoms with Gasteiger partial charge in [0.25, 0.3) is 0 Å². The Morgan fingerprint density at radius 1 is 1.53 bits per heavy atom. The predicted molar refractivity (Wildman–Crippen MR) is 73.9 cm³/mol. The van der Waals surface area contributed by atoms with Crippen molar-refractivity contribution in [2.45, 2.75) is 31.4 Å². The van der Waals surface area contributed by atoms with Crippen LogP contribution in [0.4, 0.5) is 4.79 Å². The number of nitrogens with zero attached hydrogens (tertiary/aromatic N) is 2. The number of pyridine rings is 1. The molecule has 0 aliphatic heterocycles. The Hall–Kier alpha value is -1.74. The highest BCUT2D eigenvalue weighted by Crippen LogP contribution is 2.14. The van der Waals surface area contributed by atoms with Gasteiger partial charge >= 0.3 is 6.09 Å². The van der Waals surface area contributed by atoms with Crippen LogP contribution >= 0.6 is 11.8 Å². The highest BCUT2D eigenvalue weighted by Gasteiger charge is 2.15. The largest absolute Gasteiger partial charge is 0.444 e. The highest BCUT2D eigenvalue weighted by molar-refractivity contribution is 7.99. The van der Waals surface area contributed by atoms with E-state index in [4.69, 9.17) is 10.00 Å². The molecule has 1 N–H and O–H groups in total. The molecule has 1 aromatic rings. The van der Waals surface area contributed by atoms with Crippen LogP contribution < -0.4 is 5.32 Å². The monoisotopic (exact) mass is 279 g/mol. The van der Waals surface area contributed by atoms with Crippen LogP contribution in [0.3, 0.4) is 0 Å². The van der Waals surface area contributed by atoms with Gasteiger partial charge in [0.1, 0.15) is 11.7 Å². The van der Waals surface area contributed by atoms with Crippen LogP contribution in [0.1, 0.15) is 26.3 Å². The maximum absolute atomic E-state index is 11.4. The molecule has 1 amide bonds. The molecule has 1 rings (SSSR count). The van der Waals surface area contributed by atoms with Crippen molar-refractivity contribution in [3.05, 3.63) is 23.9 Å². The van der Waals surface area contributed by atoms with E-state index < -0.39 is 11.7 Å². The normalized spacial score (nSPS) is 10.6. The summed E-state index contributed by atoms with van der Waals surface area (Å²) in [5, 5.41) is 12.1. The van der Waals surface area contributed by atoms with Gasteiger partial charge < -0.3 is 10.1 Å². The summed E-state index contributed by atoms with van der Waals surface area (Å²) in [4.78, 5) is 15.5. The molecular formula is C13H17N3O2S. The van der Waals surface area contributed by atoms with Crippen molar-refractivity contribution in [2.24, 2.45) is 0 Å². The lowest BCUT2D eigenvalue weighted by atomic mass is 10.2.